The Kier molecular flexibility index (Phi) is 3.43. The average molecular weight is 358 g/mol. The van der Waals surface area contributed by atoms with Crippen molar-refractivity contribution < 1.29 is 0 Å². The highest BCUT2D eigenvalue weighted by Crippen LogP contribution is 2.27. The minimum atomic E-state index is 0.297. The molecule has 19 heavy (non-hydrogen) atoms. The summed E-state index contributed by atoms with van der Waals surface area (Å²) in [6.45, 7) is 0. The molecule has 2 heterocycles. The zero-order valence-electron chi connectivity index (χ0n) is 9.49. The van der Waals surface area contributed by atoms with Gasteiger partial charge in [-0.15, -0.1) is 0 Å². The second-order valence-corrected chi connectivity index (χ2v) is 5.42. The van der Waals surface area contributed by atoms with Crippen LogP contribution in [0, 0.1) is 0 Å². The molecule has 0 bridgehead atoms. The summed E-state index contributed by atoms with van der Waals surface area (Å²) in [5.74, 6) is 1.30. The van der Waals surface area contributed by atoms with E-state index >= 15 is 0 Å². The van der Waals surface area contributed by atoms with Crippen LogP contribution in [-0.4, -0.2) is 19.9 Å². The topological polar surface area (TPSA) is 54.5 Å². The van der Waals surface area contributed by atoms with E-state index in [9.17, 15) is 0 Å². The van der Waals surface area contributed by atoms with Crippen LogP contribution in [0.5, 0.6) is 0 Å². The summed E-state index contributed by atoms with van der Waals surface area (Å²) in [7, 11) is 0. The van der Waals surface area contributed by atoms with E-state index in [-0.39, 0.29) is 0 Å². The minimum absolute atomic E-state index is 0.297. The predicted octanol–water partition coefficient (Wildman–Crippen LogP) is 4.01. The number of benzene rings is 1. The largest absolute Gasteiger partial charge is 0.342 e. The van der Waals surface area contributed by atoms with Crippen LogP contribution in [-0.2, 0) is 6.42 Å². The van der Waals surface area contributed by atoms with Gasteiger partial charge in [0.05, 0.1) is 21.9 Å². The highest BCUT2D eigenvalue weighted by atomic mass is 79.9. The maximum atomic E-state index is 5.95. The van der Waals surface area contributed by atoms with Gasteiger partial charge in [-0.25, -0.2) is 15.0 Å². The van der Waals surface area contributed by atoms with E-state index < -0.39 is 0 Å². The molecule has 2 aromatic heterocycles. The van der Waals surface area contributed by atoms with Gasteiger partial charge in [0, 0.05) is 0 Å². The van der Waals surface area contributed by atoms with Crippen LogP contribution >= 0.6 is 39.1 Å². The van der Waals surface area contributed by atoms with E-state index in [2.05, 4.69) is 35.9 Å². The molecule has 0 saturated carbocycles. The summed E-state index contributed by atoms with van der Waals surface area (Å²) >= 11 is 15.1. The number of aromatic nitrogens is 4. The van der Waals surface area contributed by atoms with Gasteiger partial charge in [-0.1, -0.05) is 35.3 Å². The third-order valence-corrected chi connectivity index (χ3v) is 4.34. The Bertz CT molecular complexity index is 700. The number of nitrogens with zero attached hydrogens (tertiary/aromatic N) is 3. The van der Waals surface area contributed by atoms with E-state index in [0.717, 1.165) is 16.9 Å². The Hall–Kier alpha value is -1.17. The number of rotatable bonds is 2. The monoisotopic (exact) mass is 356 g/mol. The van der Waals surface area contributed by atoms with Gasteiger partial charge in [0.2, 0.25) is 0 Å². The number of H-pyrrole nitrogens is 1. The fourth-order valence-electron chi connectivity index (χ4n) is 1.75. The van der Waals surface area contributed by atoms with Crippen LogP contribution in [0.2, 0.25) is 10.3 Å². The summed E-state index contributed by atoms with van der Waals surface area (Å²) < 4.78 is 0.504. The van der Waals surface area contributed by atoms with Crippen molar-refractivity contribution in [3.8, 4) is 0 Å². The second kappa shape index (κ2) is 5.07. The van der Waals surface area contributed by atoms with E-state index in [4.69, 9.17) is 23.2 Å². The number of nitrogens with one attached hydrogen (secondary N) is 1. The molecule has 1 N–H and O–H groups in total. The van der Waals surface area contributed by atoms with Crippen LogP contribution < -0.4 is 0 Å². The van der Waals surface area contributed by atoms with Crippen LogP contribution in [0.4, 0.5) is 0 Å². The summed E-state index contributed by atoms with van der Waals surface area (Å²) in [5.41, 5.74) is 1.89. The van der Waals surface area contributed by atoms with Crippen molar-refractivity contribution in [3.63, 3.8) is 0 Å². The molecule has 0 amide bonds. The minimum Gasteiger partial charge on any atom is -0.342 e. The highest BCUT2D eigenvalue weighted by molar-refractivity contribution is 9.10. The van der Waals surface area contributed by atoms with E-state index in [1.165, 1.54) is 0 Å². The lowest BCUT2D eigenvalue weighted by molar-refractivity contribution is 0.914. The van der Waals surface area contributed by atoms with Crippen molar-refractivity contribution in [2.24, 2.45) is 0 Å². The average Bonchev–Trinajstić information content (AvgIpc) is 2.78. The van der Waals surface area contributed by atoms with E-state index in [1.54, 1.807) is 0 Å². The molecule has 0 radical (unpaired) electrons. The lowest BCUT2D eigenvalue weighted by atomic mass is 10.3. The lowest BCUT2D eigenvalue weighted by Gasteiger charge is -2.01. The second-order valence-electron chi connectivity index (χ2n) is 3.91. The summed E-state index contributed by atoms with van der Waals surface area (Å²) in [6, 6.07) is 7.80. The summed E-state index contributed by atoms with van der Waals surface area (Å²) in [4.78, 5) is 16.0. The van der Waals surface area contributed by atoms with E-state index in [1.807, 2.05) is 24.3 Å². The normalized spacial score (nSPS) is 11.1. The first-order valence-corrected chi connectivity index (χ1v) is 6.99. The number of halogens is 3. The van der Waals surface area contributed by atoms with Crippen molar-refractivity contribution in [2.45, 2.75) is 6.42 Å². The Morgan fingerprint density at radius 3 is 2.42 bits per heavy atom. The Morgan fingerprint density at radius 2 is 1.74 bits per heavy atom. The molecule has 0 aliphatic heterocycles. The smallest absolute Gasteiger partial charge is 0.148 e. The molecular formula is C12H7BrCl2N4. The van der Waals surface area contributed by atoms with Crippen LogP contribution in [0.3, 0.4) is 0 Å². The van der Waals surface area contributed by atoms with Gasteiger partial charge >= 0.3 is 0 Å². The third-order valence-electron chi connectivity index (χ3n) is 2.58. The maximum absolute atomic E-state index is 5.95. The standard InChI is InChI=1S/C12H7BrCl2N4/c13-10-11(14)18-9(19-12(10)15)5-8-16-6-3-1-2-4-7(6)17-8/h1-4H,5H2,(H,16,17). The SMILES string of the molecule is Clc1nc(Cc2nc3ccccc3[nH]2)nc(Cl)c1Br. The molecule has 7 heteroatoms. The Balaban J connectivity index is 1.96. The van der Waals surface area contributed by atoms with Gasteiger partial charge in [-0.05, 0) is 28.1 Å². The zero-order chi connectivity index (χ0) is 13.4. The Morgan fingerprint density at radius 1 is 1.05 bits per heavy atom. The van der Waals surface area contributed by atoms with Crippen LogP contribution in [0.25, 0.3) is 11.0 Å². The molecule has 96 valence electrons. The number of fused-ring (bicyclic) bond motifs is 1. The van der Waals surface area contributed by atoms with Gasteiger partial charge in [0.25, 0.3) is 0 Å². The van der Waals surface area contributed by atoms with Crippen LogP contribution in [0.1, 0.15) is 11.6 Å². The Labute approximate surface area is 127 Å². The van der Waals surface area contributed by atoms with Crippen molar-refractivity contribution >= 4 is 50.2 Å². The summed E-state index contributed by atoms with van der Waals surface area (Å²) in [6.07, 6.45) is 0.446. The molecule has 0 aliphatic rings. The third kappa shape index (κ3) is 2.59. The van der Waals surface area contributed by atoms with Gasteiger partial charge in [-0.3, -0.25) is 0 Å². The van der Waals surface area contributed by atoms with E-state index in [0.29, 0.717) is 27.0 Å². The number of hydrogen-bond acceptors (Lipinski definition) is 3. The first-order valence-electron chi connectivity index (χ1n) is 5.44. The molecule has 0 fully saturated rings. The first kappa shape index (κ1) is 12.8. The lowest BCUT2D eigenvalue weighted by Crippen LogP contribution is -1.99. The maximum Gasteiger partial charge on any atom is 0.148 e. The number of imidazole rings is 1. The number of aromatic amines is 1. The van der Waals surface area contributed by atoms with Gasteiger partial charge in [-0.2, -0.15) is 0 Å². The molecule has 0 aliphatic carbocycles. The van der Waals surface area contributed by atoms with Gasteiger partial charge in [0.1, 0.15) is 22.0 Å². The molecular weight excluding hydrogens is 351 g/mol. The molecule has 3 rings (SSSR count). The molecule has 0 atom stereocenters. The van der Waals surface area contributed by atoms with Gasteiger partial charge < -0.3 is 4.98 Å². The zero-order valence-corrected chi connectivity index (χ0v) is 12.6. The highest BCUT2D eigenvalue weighted by Gasteiger charge is 2.11. The fourth-order valence-corrected chi connectivity index (χ4v) is 2.35. The van der Waals surface area contributed by atoms with Crippen LogP contribution in [0.15, 0.2) is 28.7 Å². The molecule has 0 unspecified atom stereocenters. The predicted molar refractivity (Wildman–Crippen MR) is 78.7 cm³/mol. The quantitative estimate of drug-likeness (QED) is 0.705. The van der Waals surface area contributed by atoms with Gasteiger partial charge in [0.15, 0.2) is 0 Å². The molecule has 1 aromatic carbocycles. The summed E-state index contributed by atoms with van der Waals surface area (Å²) in [5, 5.41) is 0.595. The van der Waals surface area contributed by atoms with Crippen molar-refractivity contribution in [1.82, 2.24) is 19.9 Å². The fraction of sp³-hybridized carbons (Fsp3) is 0.0833. The van der Waals surface area contributed by atoms with Crippen molar-refractivity contribution in [2.75, 3.05) is 0 Å². The molecule has 4 nitrogen and oxygen atoms in total. The van der Waals surface area contributed by atoms with Crippen molar-refractivity contribution in [1.29, 1.82) is 0 Å². The number of para-hydroxylation sites is 2. The van der Waals surface area contributed by atoms with Crippen molar-refractivity contribution in [3.05, 3.63) is 50.7 Å². The molecule has 0 saturated heterocycles. The molecule has 3 aromatic rings. The first-order chi connectivity index (χ1) is 9.13. The number of hydrogen-bond donors (Lipinski definition) is 1. The molecule has 0 spiro atoms.